The maximum atomic E-state index is 6.07. The molecule has 0 bridgehead atoms. The van der Waals surface area contributed by atoms with Gasteiger partial charge in [-0.1, -0.05) is 31.0 Å². The number of para-hydroxylation sites is 1. The Bertz CT molecular complexity index is 463. The molecule has 3 nitrogen and oxygen atoms in total. The van der Waals surface area contributed by atoms with E-state index in [2.05, 4.69) is 5.06 Å². The predicted molar refractivity (Wildman–Crippen MR) is 77.4 cm³/mol. The number of benzene rings is 1. The van der Waals surface area contributed by atoms with Crippen molar-refractivity contribution < 1.29 is 9.57 Å². The van der Waals surface area contributed by atoms with E-state index in [1.807, 2.05) is 30.3 Å². The van der Waals surface area contributed by atoms with E-state index in [-0.39, 0.29) is 0 Å². The largest absolute Gasteiger partial charge is 0.492 e. The van der Waals surface area contributed by atoms with Crippen LogP contribution in [0.2, 0.25) is 0 Å². The van der Waals surface area contributed by atoms with Crippen molar-refractivity contribution in [1.29, 1.82) is 0 Å². The SMILES string of the molecule is c1ccc(OC[C@H]2CC[C@]34CCCC[C@H]3CON24)cc1. The number of hydroxylamine groups is 2. The quantitative estimate of drug-likeness (QED) is 0.842. The zero-order valence-corrected chi connectivity index (χ0v) is 12.0. The van der Waals surface area contributed by atoms with Gasteiger partial charge in [0.1, 0.15) is 12.4 Å². The lowest BCUT2D eigenvalue weighted by Gasteiger charge is -2.39. The fourth-order valence-corrected chi connectivity index (χ4v) is 4.42. The van der Waals surface area contributed by atoms with Crippen molar-refractivity contribution >= 4 is 0 Å². The lowest BCUT2D eigenvalue weighted by Crippen LogP contribution is -2.48. The zero-order chi connectivity index (χ0) is 13.4. The minimum atomic E-state index is 0.350. The first-order valence-electron chi connectivity index (χ1n) is 7.99. The summed E-state index contributed by atoms with van der Waals surface area (Å²) in [5, 5.41) is 2.33. The van der Waals surface area contributed by atoms with Gasteiger partial charge in [-0.05, 0) is 37.8 Å². The van der Waals surface area contributed by atoms with Crippen molar-refractivity contribution in [3.05, 3.63) is 30.3 Å². The van der Waals surface area contributed by atoms with Gasteiger partial charge in [0.15, 0.2) is 0 Å². The second-order valence-corrected chi connectivity index (χ2v) is 6.48. The molecular formula is C17H23NO2. The minimum Gasteiger partial charge on any atom is -0.492 e. The van der Waals surface area contributed by atoms with Crippen LogP contribution in [0.5, 0.6) is 5.75 Å². The molecule has 0 unspecified atom stereocenters. The van der Waals surface area contributed by atoms with E-state index in [9.17, 15) is 0 Å². The average molecular weight is 273 g/mol. The molecule has 3 heteroatoms. The van der Waals surface area contributed by atoms with Gasteiger partial charge in [-0.25, -0.2) is 0 Å². The molecule has 2 heterocycles. The standard InChI is InChI=1S/C17H23NO2/c1-2-7-16(8-3-1)19-13-15-9-11-17-10-5-4-6-14(17)12-20-18(15)17/h1-3,7-8,14-15H,4-6,9-13H2/t14-,15+,17+/m0/s1. The monoisotopic (exact) mass is 273 g/mol. The van der Waals surface area contributed by atoms with Gasteiger partial charge < -0.3 is 4.74 Å². The van der Waals surface area contributed by atoms with E-state index in [1.54, 1.807) is 0 Å². The topological polar surface area (TPSA) is 21.7 Å². The Labute approximate surface area is 120 Å². The summed E-state index contributed by atoms with van der Waals surface area (Å²) in [5.41, 5.74) is 0.350. The average Bonchev–Trinajstić information content (AvgIpc) is 3.02. The van der Waals surface area contributed by atoms with E-state index < -0.39 is 0 Å². The van der Waals surface area contributed by atoms with Gasteiger partial charge in [-0.2, -0.15) is 5.06 Å². The normalized spacial score (nSPS) is 36.6. The van der Waals surface area contributed by atoms with Crippen LogP contribution < -0.4 is 4.74 Å². The molecule has 108 valence electrons. The van der Waals surface area contributed by atoms with Gasteiger partial charge >= 0.3 is 0 Å². The van der Waals surface area contributed by atoms with Crippen LogP contribution in [0.1, 0.15) is 38.5 Å². The van der Waals surface area contributed by atoms with E-state index in [0.29, 0.717) is 11.6 Å². The van der Waals surface area contributed by atoms with Crippen LogP contribution in [0.25, 0.3) is 0 Å². The highest BCUT2D eigenvalue weighted by molar-refractivity contribution is 5.21. The van der Waals surface area contributed by atoms with Crippen LogP contribution in [-0.4, -0.2) is 29.9 Å². The highest BCUT2D eigenvalue weighted by Gasteiger charge is 2.57. The summed E-state index contributed by atoms with van der Waals surface area (Å²) < 4.78 is 5.95. The van der Waals surface area contributed by atoms with E-state index in [0.717, 1.165) is 24.9 Å². The molecule has 3 fully saturated rings. The zero-order valence-electron chi connectivity index (χ0n) is 12.0. The number of nitrogens with zero attached hydrogens (tertiary/aromatic N) is 1. The molecule has 0 amide bonds. The summed E-state index contributed by atoms with van der Waals surface area (Å²) in [5.74, 6) is 1.73. The van der Waals surface area contributed by atoms with Crippen LogP contribution in [-0.2, 0) is 4.84 Å². The molecule has 1 spiro atoms. The van der Waals surface area contributed by atoms with Crippen LogP contribution in [0, 0.1) is 5.92 Å². The molecule has 1 aromatic carbocycles. The van der Waals surface area contributed by atoms with E-state index in [1.165, 1.54) is 38.5 Å². The first-order valence-corrected chi connectivity index (χ1v) is 7.99. The second kappa shape index (κ2) is 5.05. The molecule has 0 N–H and O–H groups in total. The smallest absolute Gasteiger partial charge is 0.119 e. The molecule has 1 saturated carbocycles. The van der Waals surface area contributed by atoms with Crippen LogP contribution >= 0.6 is 0 Å². The number of ether oxygens (including phenoxy) is 1. The Hall–Kier alpha value is -1.06. The third kappa shape index (κ3) is 1.95. The highest BCUT2D eigenvalue weighted by Crippen LogP contribution is 2.51. The first kappa shape index (κ1) is 12.7. The summed E-state index contributed by atoms with van der Waals surface area (Å²) >= 11 is 0. The highest BCUT2D eigenvalue weighted by atomic mass is 16.7. The number of hydrogen-bond acceptors (Lipinski definition) is 3. The molecule has 0 aromatic heterocycles. The lowest BCUT2D eigenvalue weighted by molar-refractivity contribution is -0.177. The summed E-state index contributed by atoms with van der Waals surface area (Å²) in [4.78, 5) is 6.07. The van der Waals surface area contributed by atoms with Crippen LogP contribution in [0.3, 0.4) is 0 Å². The fraction of sp³-hybridized carbons (Fsp3) is 0.647. The number of rotatable bonds is 3. The van der Waals surface area contributed by atoms with E-state index >= 15 is 0 Å². The third-order valence-corrected chi connectivity index (χ3v) is 5.45. The minimum absolute atomic E-state index is 0.350. The Kier molecular flexibility index (Phi) is 3.20. The Morgan fingerprint density at radius 3 is 2.95 bits per heavy atom. The van der Waals surface area contributed by atoms with Crippen LogP contribution in [0.15, 0.2) is 30.3 Å². The van der Waals surface area contributed by atoms with Crippen molar-refractivity contribution in [2.45, 2.75) is 50.1 Å². The molecule has 2 aliphatic heterocycles. The predicted octanol–water partition coefficient (Wildman–Crippen LogP) is 3.40. The lowest BCUT2D eigenvalue weighted by atomic mass is 9.73. The third-order valence-electron chi connectivity index (χ3n) is 5.45. The van der Waals surface area contributed by atoms with Gasteiger partial charge in [-0.15, -0.1) is 0 Å². The fourth-order valence-electron chi connectivity index (χ4n) is 4.42. The van der Waals surface area contributed by atoms with Gasteiger partial charge in [0.2, 0.25) is 0 Å². The molecule has 1 aliphatic carbocycles. The summed E-state index contributed by atoms with van der Waals surface area (Å²) in [7, 11) is 0. The second-order valence-electron chi connectivity index (χ2n) is 6.48. The van der Waals surface area contributed by atoms with Crippen molar-refractivity contribution in [3.63, 3.8) is 0 Å². The summed E-state index contributed by atoms with van der Waals surface area (Å²) in [6.45, 7) is 1.68. The van der Waals surface area contributed by atoms with Crippen molar-refractivity contribution in [2.75, 3.05) is 13.2 Å². The molecule has 1 aromatic rings. The maximum Gasteiger partial charge on any atom is 0.119 e. The first-order chi connectivity index (χ1) is 9.88. The van der Waals surface area contributed by atoms with Crippen molar-refractivity contribution in [1.82, 2.24) is 5.06 Å². The molecule has 3 atom stereocenters. The number of hydrogen-bond donors (Lipinski definition) is 0. The molecule has 20 heavy (non-hydrogen) atoms. The van der Waals surface area contributed by atoms with Crippen molar-refractivity contribution in [3.8, 4) is 5.75 Å². The Morgan fingerprint density at radius 1 is 1.15 bits per heavy atom. The Morgan fingerprint density at radius 2 is 2.05 bits per heavy atom. The summed E-state index contributed by atoms with van der Waals surface area (Å²) in [6.07, 6.45) is 7.92. The van der Waals surface area contributed by atoms with E-state index in [4.69, 9.17) is 9.57 Å². The van der Waals surface area contributed by atoms with Crippen LogP contribution in [0.4, 0.5) is 0 Å². The molecular weight excluding hydrogens is 250 g/mol. The Balaban J connectivity index is 1.44. The maximum absolute atomic E-state index is 6.07. The molecule has 2 saturated heterocycles. The van der Waals surface area contributed by atoms with Gasteiger partial charge in [-0.3, -0.25) is 4.84 Å². The van der Waals surface area contributed by atoms with Gasteiger partial charge in [0.05, 0.1) is 18.2 Å². The van der Waals surface area contributed by atoms with Crippen molar-refractivity contribution in [2.24, 2.45) is 5.92 Å². The molecule has 4 rings (SSSR count). The molecule has 0 radical (unpaired) electrons. The van der Waals surface area contributed by atoms with Gasteiger partial charge in [0, 0.05) is 5.92 Å². The summed E-state index contributed by atoms with van der Waals surface area (Å²) in [6, 6.07) is 10.5. The van der Waals surface area contributed by atoms with Gasteiger partial charge in [0.25, 0.3) is 0 Å². The molecule has 3 aliphatic rings.